The zero-order chi connectivity index (χ0) is 25.2. The highest BCUT2D eigenvalue weighted by Gasteiger charge is 2.43. The molecule has 1 saturated carbocycles. The van der Waals surface area contributed by atoms with Crippen LogP contribution in [-0.2, 0) is 30.3 Å². The van der Waals surface area contributed by atoms with Crippen molar-refractivity contribution in [1.82, 2.24) is 5.32 Å². The van der Waals surface area contributed by atoms with E-state index in [0.29, 0.717) is 25.9 Å². The smallest absolute Gasteiger partial charge is 0.311 e. The third-order valence-electron chi connectivity index (χ3n) is 6.18. The average molecular weight is 476 g/mol. The molecule has 34 heavy (non-hydrogen) atoms. The molecule has 1 aliphatic rings. The number of methoxy groups -OCH3 is 1. The first-order valence-electron chi connectivity index (χ1n) is 12.4. The van der Waals surface area contributed by atoms with E-state index in [0.717, 1.165) is 37.0 Å². The van der Waals surface area contributed by atoms with Crippen LogP contribution in [0.2, 0.25) is 0 Å². The van der Waals surface area contributed by atoms with Gasteiger partial charge in [-0.15, -0.1) is 0 Å². The molecule has 190 valence electrons. The Hall–Kier alpha value is -2.57. The number of hydrogen-bond donors (Lipinski definition) is 1. The molecular weight excluding hydrogens is 434 g/mol. The Morgan fingerprint density at radius 3 is 2.29 bits per heavy atom. The summed E-state index contributed by atoms with van der Waals surface area (Å²) in [4.78, 5) is 38.6. The maximum atomic E-state index is 13.3. The van der Waals surface area contributed by atoms with Gasteiger partial charge in [0.1, 0.15) is 11.4 Å². The number of esters is 2. The number of rotatable bonds is 12. The minimum absolute atomic E-state index is 0.0815. The van der Waals surface area contributed by atoms with Gasteiger partial charge in [0.2, 0.25) is 5.91 Å². The molecule has 7 nitrogen and oxygen atoms in total. The summed E-state index contributed by atoms with van der Waals surface area (Å²) in [5, 5.41) is 2.98. The van der Waals surface area contributed by atoms with Crippen molar-refractivity contribution in [2.24, 2.45) is 11.3 Å². The summed E-state index contributed by atoms with van der Waals surface area (Å²) in [5.74, 6) is -0.678. The van der Waals surface area contributed by atoms with E-state index in [-0.39, 0.29) is 30.8 Å². The van der Waals surface area contributed by atoms with Gasteiger partial charge in [0.05, 0.1) is 31.5 Å². The van der Waals surface area contributed by atoms with Gasteiger partial charge in [0.25, 0.3) is 0 Å². The van der Waals surface area contributed by atoms with E-state index in [4.69, 9.17) is 14.2 Å². The Balaban J connectivity index is 2.08. The zero-order valence-corrected chi connectivity index (χ0v) is 21.4. The summed E-state index contributed by atoms with van der Waals surface area (Å²) in [7, 11) is 1.60. The zero-order valence-electron chi connectivity index (χ0n) is 21.4. The first-order valence-corrected chi connectivity index (χ1v) is 12.4. The predicted octanol–water partition coefficient (Wildman–Crippen LogP) is 4.61. The van der Waals surface area contributed by atoms with Gasteiger partial charge in [-0.05, 0) is 64.2 Å². The van der Waals surface area contributed by atoms with E-state index in [9.17, 15) is 14.4 Å². The van der Waals surface area contributed by atoms with Gasteiger partial charge in [-0.1, -0.05) is 38.3 Å². The van der Waals surface area contributed by atoms with Gasteiger partial charge >= 0.3 is 11.9 Å². The molecule has 0 aromatic heterocycles. The Labute approximate surface area is 203 Å². The lowest BCUT2D eigenvalue weighted by atomic mass is 9.81. The molecular formula is C27H41NO6. The summed E-state index contributed by atoms with van der Waals surface area (Å²) in [6.07, 6.45) is 5.36. The minimum Gasteiger partial charge on any atom is -0.497 e. The van der Waals surface area contributed by atoms with Crippen molar-refractivity contribution < 1.29 is 28.6 Å². The molecule has 1 aromatic carbocycles. The number of ether oxygens (including phenoxy) is 3. The van der Waals surface area contributed by atoms with Crippen LogP contribution >= 0.6 is 0 Å². The standard InChI is InChI=1S/C27H41NO6/c1-6-7-16-33-23(29)18-27(14-8-9-15-27)25(31)28-19-21(24(30)34-26(2,3)4)17-20-10-12-22(32-5)13-11-20/h10-13,21H,6-9,14-19H2,1-5H3,(H,28,31). The van der Waals surface area contributed by atoms with Crippen LogP contribution in [0.15, 0.2) is 24.3 Å². The molecule has 0 bridgehead atoms. The molecule has 0 aliphatic heterocycles. The van der Waals surface area contributed by atoms with Crippen LogP contribution in [0.4, 0.5) is 0 Å². The van der Waals surface area contributed by atoms with Gasteiger partial charge < -0.3 is 19.5 Å². The Morgan fingerprint density at radius 2 is 1.74 bits per heavy atom. The van der Waals surface area contributed by atoms with E-state index >= 15 is 0 Å². The third kappa shape index (κ3) is 8.65. The van der Waals surface area contributed by atoms with Crippen molar-refractivity contribution in [3.8, 4) is 5.75 Å². The van der Waals surface area contributed by atoms with E-state index in [2.05, 4.69) is 5.32 Å². The minimum atomic E-state index is -0.762. The normalized spacial score (nSPS) is 15.9. The topological polar surface area (TPSA) is 90.9 Å². The number of amides is 1. The summed E-state index contributed by atoms with van der Waals surface area (Å²) in [6.45, 7) is 8.04. The number of unbranched alkanes of at least 4 members (excludes halogenated alkanes) is 1. The maximum absolute atomic E-state index is 13.3. The fourth-order valence-corrected chi connectivity index (χ4v) is 4.27. The third-order valence-corrected chi connectivity index (χ3v) is 6.18. The van der Waals surface area contributed by atoms with E-state index in [1.54, 1.807) is 7.11 Å². The molecule has 0 heterocycles. The maximum Gasteiger partial charge on any atom is 0.311 e. The second-order valence-electron chi connectivity index (χ2n) is 10.2. The van der Waals surface area contributed by atoms with Crippen LogP contribution in [-0.4, -0.2) is 43.7 Å². The molecule has 0 spiro atoms. The van der Waals surface area contributed by atoms with Crippen LogP contribution in [0.1, 0.15) is 78.2 Å². The number of hydrogen-bond acceptors (Lipinski definition) is 6. The molecule has 7 heteroatoms. The first kappa shape index (κ1) is 27.7. The monoisotopic (exact) mass is 475 g/mol. The van der Waals surface area contributed by atoms with Gasteiger partial charge in [0.15, 0.2) is 0 Å². The highest BCUT2D eigenvalue weighted by molar-refractivity contribution is 5.88. The Kier molecular flexibility index (Phi) is 10.4. The predicted molar refractivity (Wildman–Crippen MR) is 130 cm³/mol. The van der Waals surface area contributed by atoms with E-state index in [1.165, 1.54) is 0 Å². The van der Waals surface area contributed by atoms with E-state index in [1.807, 2.05) is 52.0 Å². The van der Waals surface area contributed by atoms with Crippen molar-refractivity contribution in [3.05, 3.63) is 29.8 Å². The molecule has 0 saturated heterocycles. The Morgan fingerprint density at radius 1 is 1.09 bits per heavy atom. The number of nitrogens with one attached hydrogen (secondary N) is 1. The lowest BCUT2D eigenvalue weighted by molar-refractivity contribution is -0.160. The molecule has 1 aliphatic carbocycles. The number of carbonyl (C=O) groups is 3. The van der Waals surface area contributed by atoms with Gasteiger partial charge in [-0.3, -0.25) is 14.4 Å². The van der Waals surface area contributed by atoms with Crippen molar-refractivity contribution in [2.75, 3.05) is 20.3 Å². The summed E-state index contributed by atoms with van der Waals surface area (Å²) in [6, 6.07) is 7.50. The van der Waals surface area contributed by atoms with Crippen LogP contribution in [0.25, 0.3) is 0 Å². The lowest BCUT2D eigenvalue weighted by Gasteiger charge is -2.29. The molecule has 0 radical (unpaired) electrons. The first-order chi connectivity index (χ1) is 16.1. The van der Waals surface area contributed by atoms with Crippen LogP contribution < -0.4 is 10.1 Å². The molecule has 1 fully saturated rings. The summed E-state index contributed by atoms with van der Waals surface area (Å²) < 4.78 is 16.2. The van der Waals surface area contributed by atoms with E-state index < -0.39 is 16.9 Å². The molecule has 1 unspecified atom stereocenters. The molecule has 1 N–H and O–H groups in total. The van der Waals surface area contributed by atoms with Crippen molar-refractivity contribution >= 4 is 17.8 Å². The summed E-state index contributed by atoms with van der Waals surface area (Å²) in [5.41, 5.74) is -0.447. The second-order valence-corrected chi connectivity index (χ2v) is 10.2. The fraction of sp³-hybridized carbons (Fsp3) is 0.667. The highest BCUT2D eigenvalue weighted by atomic mass is 16.6. The highest BCUT2D eigenvalue weighted by Crippen LogP contribution is 2.41. The quantitative estimate of drug-likeness (QED) is 0.351. The van der Waals surface area contributed by atoms with Crippen molar-refractivity contribution in [1.29, 1.82) is 0 Å². The largest absolute Gasteiger partial charge is 0.497 e. The van der Waals surface area contributed by atoms with Gasteiger partial charge in [0, 0.05) is 6.54 Å². The average Bonchev–Trinajstić information content (AvgIpc) is 3.25. The fourth-order valence-electron chi connectivity index (χ4n) is 4.27. The summed E-state index contributed by atoms with van der Waals surface area (Å²) >= 11 is 0. The molecule has 1 atom stereocenters. The SMILES string of the molecule is CCCCOC(=O)CC1(C(=O)NCC(Cc2ccc(OC)cc2)C(=O)OC(C)(C)C)CCCC1. The lowest BCUT2D eigenvalue weighted by Crippen LogP contribution is -2.45. The van der Waals surface area contributed by atoms with Crippen molar-refractivity contribution in [2.45, 2.75) is 84.7 Å². The van der Waals surface area contributed by atoms with Crippen LogP contribution in [0, 0.1) is 11.3 Å². The van der Waals surface area contributed by atoms with Gasteiger partial charge in [-0.25, -0.2) is 0 Å². The molecule has 1 aromatic rings. The molecule has 1 amide bonds. The van der Waals surface area contributed by atoms with Crippen LogP contribution in [0.3, 0.4) is 0 Å². The van der Waals surface area contributed by atoms with Crippen molar-refractivity contribution in [3.63, 3.8) is 0 Å². The number of benzene rings is 1. The Bertz CT molecular complexity index is 805. The van der Waals surface area contributed by atoms with Gasteiger partial charge in [-0.2, -0.15) is 0 Å². The molecule has 2 rings (SSSR count). The second kappa shape index (κ2) is 12.8. The number of carbonyl (C=O) groups excluding carboxylic acids is 3. The van der Waals surface area contributed by atoms with Crippen LogP contribution in [0.5, 0.6) is 5.75 Å².